The smallest absolute Gasteiger partial charge is 0.334 e. The number of hydrogen-bond acceptors (Lipinski definition) is 5. The molecule has 0 amide bonds. The van der Waals surface area contributed by atoms with Gasteiger partial charge in [0.2, 0.25) is 0 Å². The van der Waals surface area contributed by atoms with E-state index in [1.807, 2.05) is 0 Å². The fourth-order valence-corrected chi connectivity index (χ4v) is 5.15. The van der Waals surface area contributed by atoms with Gasteiger partial charge in [-0.15, -0.1) is 0 Å². The Kier molecular flexibility index (Phi) is 17.9. The first-order chi connectivity index (χ1) is 13.5. The molecule has 0 aromatic carbocycles. The van der Waals surface area contributed by atoms with Gasteiger partial charge in [0.25, 0.3) is 0 Å². The predicted octanol–water partition coefficient (Wildman–Crippen LogP) is 4.29. The van der Waals surface area contributed by atoms with E-state index in [-0.39, 0.29) is 0 Å². The minimum atomic E-state index is -1.94. The molecule has 0 aliphatic heterocycles. The highest BCUT2D eigenvalue weighted by molar-refractivity contribution is 6.65. The van der Waals surface area contributed by atoms with Gasteiger partial charge in [-0.2, -0.15) is 0 Å². The summed E-state index contributed by atoms with van der Waals surface area (Å²) in [5, 5.41) is 0. The zero-order chi connectivity index (χ0) is 21.3. The molecule has 0 aromatic heterocycles. The van der Waals surface area contributed by atoms with E-state index in [9.17, 15) is 0 Å². The monoisotopic (exact) mass is 417 g/mol. The Hall–Kier alpha value is 0.0169. The van der Waals surface area contributed by atoms with Crippen LogP contribution in [0.2, 0.25) is 12.6 Å². The maximum absolute atomic E-state index is 5.66. The Bertz CT molecular complexity index is 324. The van der Waals surface area contributed by atoms with Gasteiger partial charge in [-0.05, 0) is 104 Å². The molecule has 0 bridgehead atoms. The lowest BCUT2D eigenvalue weighted by Gasteiger charge is -2.28. The molecule has 0 aliphatic carbocycles. The summed E-state index contributed by atoms with van der Waals surface area (Å²) in [6.45, 7) is 22.1. The molecule has 0 aliphatic rings. The van der Waals surface area contributed by atoms with Crippen LogP contribution in [0.15, 0.2) is 0 Å². The molecule has 0 saturated carbocycles. The van der Waals surface area contributed by atoms with Crippen LogP contribution in [0.4, 0.5) is 0 Å². The lowest BCUT2D eigenvalue weighted by atomic mass is 10.2. The maximum atomic E-state index is 5.66. The summed E-state index contributed by atoms with van der Waals surface area (Å²) in [7, 11) is 1.66. The molecule has 6 heteroatoms. The quantitative estimate of drug-likeness (QED) is 0.276. The molecule has 0 rings (SSSR count). The van der Waals surface area contributed by atoms with E-state index >= 15 is 0 Å². The standard InChI is InChI=1S/C22H51N3O2Si/c1-8-15-23(10-3)17-12-19-25(20-13-18-24(11-4)16-9-2)21-14-22-28(7,26-5)27-6/h8-22H2,1-7H3. The second kappa shape index (κ2) is 17.8. The van der Waals surface area contributed by atoms with Gasteiger partial charge in [0.15, 0.2) is 0 Å². The second-order valence-electron chi connectivity index (χ2n) is 8.06. The summed E-state index contributed by atoms with van der Waals surface area (Å²) in [6.07, 6.45) is 6.20. The van der Waals surface area contributed by atoms with E-state index in [0.717, 1.165) is 12.6 Å². The highest BCUT2D eigenvalue weighted by Gasteiger charge is 2.28. The number of rotatable bonds is 20. The first-order valence-electron chi connectivity index (χ1n) is 11.8. The van der Waals surface area contributed by atoms with E-state index in [4.69, 9.17) is 8.85 Å². The lowest BCUT2D eigenvalue weighted by molar-refractivity contribution is 0.208. The van der Waals surface area contributed by atoms with Gasteiger partial charge in [0.05, 0.1) is 0 Å². The topological polar surface area (TPSA) is 28.2 Å². The zero-order valence-corrected chi connectivity index (χ0v) is 21.3. The largest absolute Gasteiger partial charge is 0.398 e. The molecule has 0 aromatic rings. The molecule has 0 fully saturated rings. The van der Waals surface area contributed by atoms with E-state index in [1.165, 1.54) is 84.5 Å². The summed E-state index contributed by atoms with van der Waals surface area (Å²) >= 11 is 0. The molecular formula is C22H51N3O2Si. The minimum Gasteiger partial charge on any atom is -0.398 e. The van der Waals surface area contributed by atoms with E-state index in [2.05, 4.69) is 48.9 Å². The van der Waals surface area contributed by atoms with Crippen molar-refractivity contribution in [2.24, 2.45) is 0 Å². The summed E-state index contributed by atoms with van der Waals surface area (Å²) in [5.41, 5.74) is 0. The van der Waals surface area contributed by atoms with Gasteiger partial charge in [0.1, 0.15) is 0 Å². The van der Waals surface area contributed by atoms with Crippen LogP contribution in [0.25, 0.3) is 0 Å². The molecule has 0 spiro atoms. The average molecular weight is 418 g/mol. The van der Waals surface area contributed by atoms with Crippen LogP contribution < -0.4 is 0 Å². The highest BCUT2D eigenvalue weighted by atomic mass is 28.4. The van der Waals surface area contributed by atoms with Crippen molar-refractivity contribution in [3.05, 3.63) is 0 Å². The third kappa shape index (κ3) is 13.3. The van der Waals surface area contributed by atoms with E-state index < -0.39 is 8.56 Å². The van der Waals surface area contributed by atoms with Crippen molar-refractivity contribution in [1.29, 1.82) is 0 Å². The Morgan fingerprint density at radius 2 is 0.964 bits per heavy atom. The second-order valence-corrected chi connectivity index (χ2v) is 11.6. The maximum Gasteiger partial charge on any atom is 0.334 e. The van der Waals surface area contributed by atoms with Gasteiger partial charge in [-0.25, -0.2) is 0 Å². The molecule has 0 saturated heterocycles. The van der Waals surface area contributed by atoms with Crippen LogP contribution >= 0.6 is 0 Å². The minimum absolute atomic E-state index is 1.07. The summed E-state index contributed by atoms with van der Waals surface area (Å²) in [4.78, 5) is 7.84. The first-order valence-corrected chi connectivity index (χ1v) is 14.3. The average Bonchev–Trinajstić information content (AvgIpc) is 2.71. The van der Waals surface area contributed by atoms with Gasteiger partial charge in [0, 0.05) is 14.2 Å². The van der Waals surface area contributed by atoms with Crippen LogP contribution in [0.5, 0.6) is 0 Å². The highest BCUT2D eigenvalue weighted by Crippen LogP contribution is 2.14. The molecule has 0 radical (unpaired) electrons. The molecule has 170 valence electrons. The SMILES string of the molecule is CCCN(CC)CCCN(CCCN(CC)CCC)CCC[Si](C)(OC)OC. The Morgan fingerprint density at radius 3 is 1.32 bits per heavy atom. The Balaban J connectivity index is 4.47. The van der Waals surface area contributed by atoms with Crippen molar-refractivity contribution in [2.45, 2.75) is 72.4 Å². The van der Waals surface area contributed by atoms with Crippen molar-refractivity contribution in [2.75, 3.05) is 73.1 Å². The predicted molar refractivity (Wildman–Crippen MR) is 126 cm³/mol. The molecular weight excluding hydrogens is 366 g/mol. The fourth-order valence-electron chi connectivity index (χ4n) is 3.77. The first kappa shape index (κ1) is 28.0. The van der Waals surface area contributed by atoms with Gasteiger partial charge in [-0.1, -0.05) is 27.7 Å². The van der Waals surface area contributed by atoms with Crippen LogP contribution in [0, 0.1) is 0 Å². The van der Waals surface area contributed by atoms with Crippen LogP contribution in [-0.2, 0) is 8.85 Å². The summed E-state index contributed by atoms with van der Waals surface area (Å²) < 4.78 is 11.3. The molecule has 5 nitrogen and oxygen atoms in total. The molecule has 0 atom stereocenters. The van der Waals surface area contributed by atoms with E-state index in [1.54, 1.807) is 14.2 Å². The van der Waals surface area contributed by atoms with E-state index in [0.29, 0.717) is 0 Å². The summed E-state index contributed by atoms with van der Waals surface area (Å²) in [5.74, 6) is 0. The molecule has 0 heterocycles. The molecule has 28 heavy (non-hydrogen) atoms. The van der Waals surface area contributed by atoms with Crippen LogP contribution in [0.1, 0.15) is 59.8 Å². The summed E-state index contributed by atoms with van der Waals surface area (Å²) in [6, 6.07) is 1.07. The van der Waals surface area contributed by atoms with Crippen LogP contribution in [-0.4, -0.2) is 96.4 Å². The van der Waals surface area contributed by atoms with Gasteiger partial charge in [-0.3, -0.25) is 0 Å². The molecule has 0 unspecified atom stereocenters. The lowest BCUT2D eigenvalue weighted by Crippen LogP contribution is -2.38. The number of hydrogen-bond donors (Lipinski definition) is 0. The third-order valence-corrected chi connectivity index (χ3v) is 8.83. The Labute approximate surface area is 178 Å². The fraction of sp³-hybridized carbons (Fsp3) is 1.00. The normalized spacial score (nSPS) is 12.6. The van der Waals surface area contributed by atoms with Crippen LogP contribution in [0.3, 0.4) is 0 Å². The molecule has 0 N–H and O–H groups in total. The van der Waals surface area contributed by atoms with Gasteiger partial charge >= 0.3 is 8.56 Å². The third-order valence-electron chi connectivity index (χ3n) is 5.84. The zero-order valence-electron chi connectivity index (χ0n) is 20.3. The van der Waals surface area contributed by atoms with Crippen molar-refractivity contribution < 1.29 is 8.85 Å². The number of nitrogens with zero attached hydrogens (tertiary/aromatic N) is 3. The Morgan fingerprint density at radius 1 is 0.571 bits per heavy atom. The van der Waals surface area contributed by atoms with Gasteiger partial charge < -0.3 is 23.6 Å². The van der Waals surface area contributed by atoms with Crippen molar-refractivity contribution in [3.8, 4) is 0 Å². The van der Waals surface area contributed by atoms with Crippen molar-refractivity contribution in [3.63, 3.8) is 0 Å². The van der Waals surface area contributed by atoms with Crippen molar-refractivity contribution >= 4 is 8.56 Å². The van der Waals surface area contributed by atoms with Crippen molar-refractivity contribution in [1.82, 2.24) is 14.7 Å².